The molecule has 2 aromatic rings. The van der Waals surface area contributed by atoms with Crippen LogP contribution >= 0.6 is 11.6 Å². The van der Waals surface area contributed by atoms with Crippen molar-refractivity contribution in [3.63, 3.8) is 0 Å². The highest BCUT2D eigenvalue weighted by Crippen LogP contribution is 2.38. The van der Waals surface area contributed by atoms with Crippen LogP contribution in [0.2, 0.25) is 0 Å². The summed E-state index contributed by atoms with van der Waals surface area (Å²) in [4.78, 5) is 22.7. The minimum atomic E-state index is -1.54. The van der Waals surface area contributed by atoms with Crippen molar-refractivity contribution >= 4 is 23.5 Å². The second-order valence-corrected chi connectivity index (χ2v) is 5.47. The fourth-order valence-electron chi connectivity index (χ4n) is 2.17. The number of benzene rings is 2. The molecule has 0 unspecified atom stereocenters. The molecule has 0 N–H and O–H groups in total. The fraction of sp³-hybridized carbons (Fsp3) is 0.222. The topological polar surface area (TPSA) is 43.4 Å². The van der Waals surface area contributed by atoms with Crippen LogP contribution in [0.25, 0.3) is 0 Å². The molecule has 22 heavy (non-hydrogen) atoms. The van der Waals surface area contributed by atoms with E-state index in [1.165, 1.54) is 0 Å². The lowest BCUT2D eigenvalue weighted by molar-refractivity contribution is -0.161. The predicted molar refractivity (Wildman–Crippen MR) is 85.5 cm³/mol. The molecule has 0 atom stereocenters. The van der Waals surface area contributed by atoms with Gasteiger partial charge in [0.05, 0.1) is 0 Å². The molecule has 0 aliphatic rings. The molecule has 3 nitrogen and oxygen atoms in total. The smallest absolute Gasteiger partial charge is 0.344 e. The zero-order chi connectivity index (χ0) is 16.0. The molecule has 0 radical (unpaired) electrons. The highest BCUT2D eigenvalue weighted by Gasteiger charge is 2.42. The number of hydrogen-bond acceptors (Lipinski definition) is 3. The lowest BCUT2D eigenvalue weighted by Crippen LogP contribution is -2.34. The fourth-order valence-corrected chi connectivity index (χ4v) is 2.46. The van der Waals surface area contributed by atoms with E-state index < -0.39 is 16.8 Å². The number of carbonyl (C=O) groups is 2. The molecule has 0 aliphatic carbocycles. The van der Waals surface area contributed by atoms with Crippen molar-refractivity contribution in [2.75, 3.05) is 0 Å². The van der Waals surface area contributed by atoms with Crippen LogP contribution in [0, 0.1) is 0 Å². The van der Waals surface area contributed by atoms with Gasteiger partial charge in [-0.15, -0.1) is 0 Å². The maximum Gasteiger partial charge on any atom is 0.344 e. The number of ether oxygens (including phenoxy) is 1. The zero-order valence-corrected chi connectivity index (χ0v) is 13.0. The van der Waals surface area contributed by atoms with Crippen LogP contribution in [0.3, 0.4) is 0 Å². The van der Waals surface area contributed by atoms with E-state index in [9.17, 15) is 9.59 Å². The summed E-state index contributed by atoms with van der Waals surface area (Å²) in [6.07, 6.45) is 0.792. The molecule has 4 heteroatoms. The summed E-state index contributed by atoms with van der Waals surface area (Å²) in [5, 5.41) is 0. The molecule has 0 aliphatic heterocycles. The van der Waals surface area contributed by atoms with E-state index in [0.29, 0.717) is 17.5 Å². The molecule has 0 amide bonds. The van der Waals surface area contributed by atoms with Crippen LogP contribution in [0.5, 0.6) is 0 Å². The first-order valence-electron chi connectivity index (χ1n) is 7.14. The van der Waals surface area contributed by atoms with Gasteiger partial charge >= 0.3 is 11.9 Å². The van der Waals surface area contributed by atoms with Gasteiger partial charge in [0.1, 0.15) is 0 Å². The maximum absolute atomic E-state index is 12.6. The largest absolute Gasteiger partial charge is 0.391 e. The molecule has 0 fully saturated rings. The van der Waals surface area contributed by atoms with E-state index in [-0.39, 0.29) is 6.42 Å². The van der Waals surface area contributed by atoms with Crippen LogP contribution in [0.1, 0.15) is 30.9 Å². The molecule has 0 bridgehead atoms. The Morgan fingerprint density at radius 2 is 1.41 bits per heavy atom. The molecule has 0 saturated carbocycles. The van der Waals surface area contributed by atoms with Crippen LogP contribution in [0.15, 0.2) is 60.7 Å². The molecule has 0 heterocycles. The van der Waals surface area contributed by atoms with Crippen LogP contribution in [0.4, 0.5) is 0 Å². The molecular formula is C18H17ClO3. The SMILES string of the molecule is CCCC(=O)OC(=O)C(Cl)(c1ccccc1)c1ccccc1. The minimum Gasteiger partial charge on any atom is -0.391 e. The van der Waals surface area contributed by atoms with Gasteiger partial charge in [-0.2, -0.15) is 0 Å². The molecule has 2 rings (SSSR count). The number of hydrogen-bond donors (Lipinski definition) is 0. The lowest BCUT2D eigenvalue weighted by atomic mass is 9.90. The van der Waals surface area contributed by atoms with Crippen LogP contribution in [-0.4, -0.2) is 11.9 Å². The van der Waals surface area contributed by atoms with Crippen molar-refractivity contribution in [2.45, 2.75) is 24.6 Å². The van der Waals surface area contributed by atoms with Crippen molar-refractivity contribution in [3.05, 3.63) is 71.8 Å². The minimum absolute atomic E-state index is 0.183. The number of carbonyl (C=O) groups excluding carboxylic acids is 2. The van der Waals surface area contributed by atoms with Crippen molar-refractivity contribution in [1.82, 2.24) is 0 Å². The van der Waals surface area contributed by atoms with Crippen molar-refractivity contribution in [1.29, 1.82) is 0 Å². The van der Waals surface area contributed by atoms with E-state index >= 15 is 0 Å². The van der Waals surface area contributed by atoms with Gasteiger partial charge in [0, 0.05) is 6.42 Å². The summed E-state index contributed by atoms with van der Waals surface area (Å²) in [6, 6.07) is 17.8. The van der Waals surface area contributed by atoms with E-state index in [1.807, 2.05) is 19.1 Å². The molecule has 0 saturated heterocycles. The predicted octanol–water partition coefficient (Wildman–Crippen LogP) is 4.04. The normalized spacial score (nSPS) is 11.0. The molecular weight excluding hydrogens is 300 g/mol. The van der Waals surface area contributed by atoms with Crippen molar-refractivity contribution in [2.24, 2.45) is 0 Å². The Morgan fingerprint density at radius 1 is 0.955 bits per heavy atom. The Balaban J connectivity index is 2.43. The quantitative estimate of drug-likeness (QED) is 0.475. The molecule has 0 spiro atoms. The summed E-state index contributed by atoms with van der Waals surface area (Å²) in [5.74, 6) is -1.34. The van der Waals surface area contributed by atoms with Gasteiger partial charge in [0.15, 0.2) is 4.87 Å². The van der Waals surface area contributed by atoms with Gasteiger partial charge in [-0.05, 0) is 17.5 Å². The Labute approximate surface area is 134 Å². The average Bonchev–Trinajstić information content (AvgIpc) is 2.55. The monoisotopic (exact) mass is 316 g/mol. The average molecular weight is 317 g/mol. The highest BCUT2D eigenvalue weighted by molar-refractivity contribution is 6.36. The van der Waals surface area contributed by atoms with E-state index in [2.05, 4.69) is 0 Å². The third-order valence-electron chi connectivity index (χ3n) is 3.29. The lowest BCUT2D eigenvalue weighted by Gasteiger charge is -2.25. The number of alkyl halides is 1. The Morgan fingerprint density at radius 3 is 1.82 bits per heavy atom. The molecule has 2 aromatic carbocycles. The Kier molecular flexibility index (Phi) is 5.34. The Hall–Kier alpha value is -2.13. The summed E-state index contributed by atoms with van der Waals surface area (Å²) in [6.45, 7) is 1.84. The number of esters is 2. The van der Waals surface area contributed by atoms with Gasteiger partial charge in [-0.25, -0.2) is 4.79 Å². The van der Waals surface area contributed by atoms with E-state index in [4.69, 9.17) is 16.3 Å². The van der Waals surface area contributed by atoms with Gasteiger partial charge in [-0.3, -0.25) is 4.79 Å². The number of rotatable bonds is 5. The summed E-state index contributed by atoms with van der Waals surface area (Å²) in [5.41, 5.74) is 1.13. The molecule has 114 valence electrons. The second-order valence-electron chi connectivity index (χ2n) is 4.90. The third-order valence-corrected chi connectivity index (χ3v) is 3.88. The van der Waals surface area contributed by atoms with Crippen LogP contribution in [-0.2, 0) is 19.2 Å². The Bertz CT molecular complexity index is 598. The second kappa shape index (κ2) is 7.23. The van der Waals surface area contributed by atoms with Gasteiger partial charge < -0.3 is 4.74 Å². The first-order chi connectivity index (χ1) is 10.6. The molecule has 0 aromatic heterocycles. The first kappa shape index (κ1) is 16.2. The van der Waals surface area contributed by atoms with E-state index in [1.54, 1.807) is 48.5 Å². The standard InChI is InChI=1S/C18H17ClO3/c1-2-9-16(20)22-17(21)18(19,14-10-5-3-6-11-14)15-12-7-4-8-13-15/h3-8,10-13H,2,9H2,1H3. The van der Waals surface area contributed by atoms with Crippen molar-refractivity contribution < 1.29 is 14.3 Å². The van der Waals surface area contributed by atoms with Gasteiger partial charge in [-0.1, -0.05) is 79.2 Å². The summed E-state index contributed by atoms with van der Waals surface area (Å²) >= 11 is 6.66. The summed E-state index contributed by atoms with van der Waals surface area (Å²) < 4.78 is 4.95. The van der Waals surface area contributed by atoms with Gasteiger partial charge in [0.25, 0.3) is 0 Å². The summed E-state index contributed by atoms with van der Waals surface area (Å²) in [7, 11) is 0. The maximum atomic E-state index is 12.6. The van der Waals surface area contributed by atoms with Crippen LogP contribution < -0.4 is 0 Å². The van der Waals surface area contributed by atoms with E-state index in [0.717, 1.165) is 0 Å². The third kappa shape index (κ3) is 3.37. The van der Waals surface area contributed by atoms with Gasteiger partial charge in [0.2, 0.25) is 0 Å². The first-order valence-corrected chi connectivity index (χ1v) is 7.52. The van der Waals surface area contributed by atoms with Crippen molar-refractivity contribution in [3.8, 4) is 0 Å². The number of halogens is 1. The highest BCUT2D eigenvalue weighted by atomic mass is 35.5. The zero-order valence-electron chi connectivity index (χ0n) is 12.3.